The molecule has 2 saturated carbocycles. The summed E-state index contributed by atoms with van der Waals surface area (Å²) in [6, 6.07) is 0. The Morgan fingerprint density at radius 1 is 1.53 bits per heavy atom. The number of carbonyl (C=O) groups is 1. The van der Waals surface area contributed by atoms with Crippen LogP contribution in [0.1, 0.15) is 43.7 Å². The highest BCUT2D eigenvalue weighted by atomic mass is 32.1. The second kappa shape index (κ2) is 4.21. The lowest BCUT2D eigenvalue weighted by atomic mass is 9.75. The van der Waals surface area contributed by atoms with Crippen molar-refractivity contribution in [2.24, 2.45) is 0 Å². The lowest BCUT2D eigenvalue weighted by molar-refractivity contribution is -0.212. The number of aromatic nitrogens is 1. The molecule has 0 aromatic carbocycles. The largest absolute Gasteiger partial charge is 0.383 e. The summed E-state index contributed by atoms with van der Waals surface area (Å²) < 4.78 is 27.6. The molecule has 3 rings (SSSR count). The molecule has 1 amide bonds. The molecule has 0 saturated heterocycles. The van der Waals surface area contributed by atoms with E-state index in [1.165, 1.54) is 0 Å². The number of nitrogens with zero attached hydrogens (tertiary/aromatic N) is 1. The van der Waals surface area contributed by atoms with E-state index in [9.17, 15) is 18.7 Å². The molecule has 2 aliphatic rings. The number of thiazole rings is 1. The molecule has 2 fully saturated rings. The number of rotatable bonds is 4. The standard InChI is InChI=1S/C12H14F2N2O2S/c13-12(14,11(18)4-1-5-11)9(17)16-10-15-8(6-19-10)7-2-3-7/h6-7,18H,1-5H2,(H,15,16,17). The van der Waals surface area contributed by atoms with Crippen LogP contribution < -0.4 is 5.32 Å². The molecular weight excluding hydrogens is 274 g/mol. The molecule has 0 atom stereocenters. The molecule has 1 aromatic rings. The van der Waals surface area contributed by atoms with Gasteiger partial charge in [-0.2, -0.15) is 8.78 Å². The van der Waals surface area contributed by atoms with E-state index in [2.05, 4.69) is 10.3 Å². The molecule has 0 bridgehead atoms. The predicted molar refractivity (Wildman–Crippen MR) is 66.5 cm³/mol. The lowest BCUT2D eigenvalue weighted by Gasteiger charge is -2.41. The van der Waals surface area contributed by atoms with Gasteiger partial charge in [-0.1, -0.05) is 0 Å². The number of amides is 1. The fraction of sp³-hybridized carbons (Fsp3) is 0.667. The Balaban J connectivity index is 1.69. The van der Waals surface area contributed by atoms with Crippen molar-refractivity contribution < 1.29 is 18.7 Å². The average molecular weight is 288 g/mol. The molecule has 0 spiro atoms. The van der Waals surface area contributed by atoms with E-state index in [4.69, 9.17) is 0 Å². The molecule has 7 heteroatoms. The summed E-state index contributed by atoms with van der Waals surface area (Å²) in [7, 11) is 0. The van der Waals surface area contributed by atoms with E-state index in [0.717, 1.165) is 29.9 Å². The summed E-state index contributed by atoms with van der Waals surface area (Å²) in [5.74, 6) is -4.82. The van der Waals surface area contributed by atoms with Crippen LogP contribution in [0, 0.1) is 0 Å². The summed E-state index contributed by atoms with van der Waals surface area (Å²) in [4.78, 5) is 15.7. The third-order valence-electron chi connectivity index (χ3n) is 3.79. The summed E-state index contributed by atoms with van der Waals surface area (Å²) in [5.41, 5.74) is -1.33. The van der Waals surface area contributed by atoms with E-state index in [0.29, 0.717) is 12.3 Å². The van der Waals surface area contributed by atoms with Crippen molar-refractivity contribution in [1.29, 1.82) is 0 Å². The van der Waals surface area contributed by atoms with Gasteiger partial charge >= 0.3 is 5.92 Å². The van der Waals surface area contributed by atoms with Gasteiger partial charge in [-0.25, -0.2) is 4.98 Å². The van der Waals surface area contributed by atoms with Crippen LogP contribution in [0.25, 0.3) is 0 Å². The summed E-state index contributed by atoms with van der Waals surface area (Å²) in [6.45, 7) is 0. The van der Waals surface area contributed by atoms with E-state index >= 15 is 0 Å². The Kier molecular flexibility index (Phi) is 2.86. The van der Waals surface area contributed by atoms with Crippen molar-refractivity contribution in [3.05, 3.63) is 11.1 Å². The lowest BCUT2D eigenvalue weighted by Crippen LogP contribution is -2.59. The van der Waals surface area contributed by atoms with Gasteiger partial charge in [-0.05, 0) is 32.1 Å². The number of hydrogen-bond acceptors (Lipinski definition) is 4. The van der Waals surface area contributed by atoms with E-state index in [-0.39, 0.29) is 18.0 Å². The Morgan fingerprint density at radius 2 is 2.21 bits per heavy atom. The van der Waals surface area contributed by atoms with Gasteiger partial charge in [0.15, 0.2) is 5.13 Å². The van der Waals surface area contributed by atoms with Crippen molar-refractivity contribution in [2.45, 2.75) is 49.5 Å². The molecular formula is C12H14F2N2O2S. The minimum Gasteiger partial charge on any atom is -0.383 e. The Morgan fingerprint density at radius 3 is 2.74 bits per heavy atom. The monoisotopic (exact) mass is 288 g/mol. The average Bonchev–Trinajstić information content (AvgIpc) is 3.07. The van der Waals surface area contributed by atoms with Crippen molar-refractivity contribution in [3.63, 3.8) is 0 Å². The van der Waals surface area contributed by atoms with Crippen LogP contribution >= 0.6 is 11.3 Å². The van der Waals surface area contributed by atoms with E-state index in [1.54, 1.807) is 5.38 Å². The van der Waals surface area contributed by atoms with Crippen molar-refractivity contribution in [1.82, 2.24) is 4.98 Å². The van der Waals surface area contributed by atoms with Gasteiger partial charge < -0.3 is 5.11 Å². The van der Waals surface area contributed by atoms with Gasteiger partial charge in [0.2, 0.25) is 0 Å². The van der Waals surface area contributed by atoms with Crippen LogP contribution in [0.4, 0.5) is 13.9 Å². The summed E-state index contributed by atoms with van der Waals surface area (Å²) >= 11 is 1.14. The van der Waals surface area contributed by atoms with Crippen LogP contribution in [0.5, 0.6) is 0 Å². The number of aliphatic hydroxyl groups is 1. The van der Waals surface area contributed by atoms with Gasteiger partial charge in [-0.3, -0.25) is 10.1 Å². The second-order valence-corrected chi connectivity index (χ2v) is 6.12. The molecule has 1 heterocycles. The normalized spacial score (nSPS) is 21.8. The minimum atomic E-state index is -3.77. The number of carbonyl (C=O) groups excluding carboxylic acids is 1. The second-order valence-electron chi connectivity index (χ2n) is 5.27. The van der Waals surface area contributed by atoms with Gasteiger partial charge in [0.1, 0.15) is 5.60 Å². The maximum Gasteiger partial charge on any atom is 0.352 e. The third kappa shape index (κ3) is 2.14. The van der Waals surface area contributed by atoms with Gasteiger partial charge in [0, 0.05) is 11.3 Å². The maximum atomic E-state index is 13.8. The maximum absolute atomic E-state index is 13.8. The van der Waals surface area contributed by atoms with Crippen molar-refractivity contribution >= 4 is 22.4 Å². The first kappa shape index (κ1) is 12.9. The van der Waals surface area contributed by atoms with Crippen LogP contribution in [-0.4, -0.2) is 27.5 Å². The van der Waals surface area contributed by atoms with Crippen molar-refractivity contribution in [3.8, 4) is 0 Å². The molecule has 104 valence electrons. The fourth-order valence-electron chi connectivity index (χ4n) is 2.12. The summed E-state index contributed by atoms with van der Waals surface area (Å²) in [6.07, 6.45) is 2.56. The Labute approximate surface area is 112 Å². The first-order chi connectivity index (χ1) is 8.92. The number of anilines is 1. The van der Waals surface area contributed by atoms with Crippen LogP contribution in [-0.2, 0) is 4.79 Å². The zero-order chi connectivity index (χ0) is 13.7. The van der Waals surface area contributed by atoms with Gasteiger partial charge in [0.25, 0.3) is 5.91 Å². The molecule has 0 radical (unpaired) electrons. The van der Waals surface area contributed by atoms with E-state index in [1.807, 2.05) is 0 Å². The molecule has 0 aliphatic heterocycles. The highest BCUT2D eigenvalue weighted by Gasteiger charge is 2.61. The van der Waals surface area contributed by atoms with Crippen LogP contribution in [0.2, 0.25) is 0 Å². The predicted octanol–water partition coefficient (Wildman–Crippen LogP) is 2.51. The van der Waals surface area contributed by atoms with Crippen LogP contribution in [0.15, 0.2) is 5.38 Å². The SMILES string of the molecule is O=C(Nc1nc(C2CC2)cs1)C(F)(F)C1(O)CCC1. The minimum absolute atomic E-state index is 0.0430. The number of nitrogens with one attached hydrogen (secondary N) is 1. The zero-order valence-corrected chi connectivity index (χ0v) is 11.0. The van der Waals surface area contributed by atoms with Gasteiger partial charge in [0.05, 0.1) is 5.69 Å². The first-order valence-electron chi connectivity index (χ1n) is 6.29. The molecule has 19 heavy (non-hydrogen) atoms. The highest BCUT2D eigenvalue weighted by Crippen LogP contribution is 2.45. The number of hydrogen-bond donors (Lipinski definition) is 2. The molecule has 1 aromatic heterocycles. The fourth-order valence-corrected chi connectivity index (χ4v) is 2.91. The smallest absolute Gasteiger partial charge is 0.352 e. The number of alkyl halides is 2. The molecule has 4 nitrogen and oxygen atoms in total. The van der Waals surface area contributed by atoms with Crippen LogP contribution in [0.3, 0.4) is 0 Å². The highest BCUT2D eigenvalue weighted by molar-refractivity contribution is 7.13. The zero-order valence-electron chi connectivity index (χ0n) is 10.2. The van der Waals surface area contributed by atoms with Crippen molar-refractivity contribution in [2.75, 3.05) is 5.32 Å². The third-order valence-corrected chi connectivity index (χ3v) is 4.56. The molecule has 0 unspecified atom stereocenters. The molecule has 2 N–H and O–H groups in total. The first-order valence-corrected chi connectivity index (χ1v) is 7.17. The molecule has 2 aliphatic carbocycles. The topological polar surface area (TPSA) is 62.2 Å². The van der Waals surface area contributed by atoms with E-state index < -0.39 is 17.4 Å². The Hall–Kier alpha value is -1.08. The number of halogens is 2. The van der Waals surface area contributed by atoms with Gasteiger partial charge in [-0.15, -0.1) is 11.3 Å². The quantitative estimate of drug-likeness (QED) is 0.895. The Bertz CT molecular complexity index is 510. The summed E-state index contributed by atoms with van der Waals surface area (Å²) in [5, 5.41) is 13.7.